The zero-order chi connectivity index (χ0) is 46.2. The SMILES string of the molecule is CCC[C@@H]1/C=C(\C)C[C@H](C)C[C@H](OC)C2O[C@@](O)(C(=O)C(=O)N3CCCC[C@H]3C(=O)O[C@H](/C(C)=C/[C@@H]3CC[C@@H](OC4CCOC4=O)[C@H](OC)C3)[C@H](C)[C@@H](O)CC1=O)[C@H](C)C[C@@H]2OC. The molecule has 15 nitrogen and oxygen atoms in total. The van der Waals surface area contributed by atoms with Crippen LogP contribution in [0.3, 0.4) is 0 Å². The Morgan fingerprint density at radius 3 is 2.24 bits per heavy atom. The van der Waals surface area contributed by atoms with Crippen molar-refractivity contribution in [3.05, 3.63) is 23.3 Å². The minimum Gasteiger partial charge on any atom is -0.464 e. The lowest BCUT2D eigenvalue weighted by Gasteiger charge is -2.47. The summed E-state index contributed by atoms with van der Waals surface area (Å²) in [5.74, 6) is -8.00. The molecule has 2 bridgehead atoms. The zero-order valence-corrected chi connectivity index (χ0v) is 39.1. The summed E-state index contributed by atoms with van der Waals surface area (Å²) in [7, 11) is 4.67. The second-order valence-electron chi connectivity index (χ2n) is 19.1. The van der Waals surface area contributed by atoms with E-state index in [1.165, 1.54) is 19.1 Å². The van der Waals surface area contributed by atoms with Gasteiger partial charge in [-0.2, -0.15) is 0 Å². The van der Waals surface area contributed by atoms with E-state index in [1.807, 2.05) is 32.9 Å². The van der Waals surface area contributed by atoms with E-state index in [2.05, 4.69) is 6.92 Å². The van der Waals surface area contributed by atoms with Gasteiger partial charge in [-0.25, -0.2) is 9.59 Å². The maximum atomic E-state index is 14.5. The number of cyclic esters (lactones) is 2. The summed E-state index contributed by atoms with van der Waals surface area (Å²) in [4.78, 5) is 70.6. The second kappa shape index (κ2) is 22.9. The normalized spacial score (nSPS) is 40.6. The third kappa shape index (κ3) is 12.2. The lowest BCUT2D eigenvalue weighted by Crippen LogP contribution is -2.64. The molecule has 1 aliphatic carbocycles. The van der Waals surface area contributed by atoms with Crippen molar-refractivity contribution in [2.24, 2.45) is 29.6 Å². The first-order chi connectivity index (χ1) is 29.9. The van der Waals surface area contributed by atoms with Gasteiger partial charge in [0.15, 0.2) is 6.10 Å². The predicted molar refractivity (Wildman–Crippen MR) is 231 cm³/mol. The highest BCUT2D eigenvalue weighted by Gasteiger charge is 2.56. The van der Waals surface area contributed by atoms with Gasteiger partial charge in [-0.15, -0.1) is 0 Å². The fourth-order valence-electron chi connectivity index (χ4n) is 10.6. The maximum Gasteiger partial charge on any atom is 0.335 e. The molecule has 0 spiro atoms. The molecule has 4 aliphatic heterocycles. The van der Waals surface area contributed by atoms with E-state index >= 15 is 0 Å². The van der Waals surface area contributed by atoms with Gasteiger partial charge in [-0.1, -0.05) is 51.8 Å². The van der Waals surface area contributed by atoms with E-state index < -0.39 is 83.9 Å². The number of methoxy groups -OCH3 is 3. The van der Waals surface area contributed by atoms with E-state index in [0.29, 0.717) is 70.0 Å². The Morgan fingerprint density at radius 1 is 0.889 bits per heavy atom. The Labute approximate surface area is 373 Å². The summed E-state index contributed by atoms with van der Waals surface area (Å²) < 4.78 is 41.5. The number of amides is 1. The number of esters is 2. The molecule has 63 heavy (non-hydrogen) atoms. The van der Waals surface area contributed by atoms with Crippen LogP contribution in [0.15, 0.2) is 23.3 Å². The fourth-order valence-corrected chi connectivity index (χ4v) is 10.6. The van der Waals surface area contributed by atoms with E-state index in [9.17, 15) is 34.2 Å². The summed E-state index contributed by atoms with van der Waals surface area (Å²) in [5, 5.41) is 24.0. The van der Waals surface area contributed by atoms with Crippen molar-refractivity contribution in [2.45, 2.75) is 186 Å². The van der Waals surface area contributed by atoms with Crippen LogP contribution in [0.4, 0.5) is 0 Å². The number of fused-ring (bicyclic) bond motifs is 3. The number of ketones is 2. The van der Waals surface area contributed by atoms with Gasteiger partial charge in [0.1, 0.15) is 24.0 Å². The maximum absolute atomic E-state index is 14.5. The highest BCUT2D eigenvalue weighted by molar-refractivity contribution is 6.39. The van der Waals surface area contributed by atoms with Crippen LogP contribution < -0.4 is 0 Å². The standard InChI is InChI=1S/C48H75NO14/c1-10-13-33-21-27(2)20-28(3)22-40(58-8)43-41(59-9)24-30(5)48(56,63-43)44(52)45(53)49-18-12-11-14-34(49)46(54)62-42(31(6)35(50)26-36(33)51)29(4)23-32-15-16-37(39(25-32)57-7)61-38-17-19-60-47(38)55/h21,23,28,30-35,37-43,50,56H,10-20,22,24-26H2,1-9H3/b27-21+,29-23+/t28-,30+,31+,32-,33+,34-,35-,37+,38?,39+,40-,41-,42+,43?,48+/m0/s1. The first-order valence-corrected chi connectivity index (χ1v) is 23.4. The number of allylic oxidation sites excluding steroid dienone is 3. The van der Waals surface area contributed by atoms with Gasteiger partial charge in [-0.05, 0) is 95.5 Å². The van der Waals surface area contributed by atoms with Crippen LogP contribution in [0.5, 0.6) is 0 Å². The van der Waals surface area contributed by atoms with Crippen molar-refractivity contribution in [1.82, 2.24) is 4.90 Å². The molecule has 3 saturated heterocycles. The van der Waals surface area contributed by atoms with Crippen molar-refractivity contribution < 1.29 is 67.3 Å². The molecule has 15 atom stereocenters. The number of ether oxygens (including phenoxy) is 7. The molecule has 0 radical (unpaired) electrons. The number of nitrogens with zero attached hydrogens (tertiary/aromatic N) is 1. The zero-order valence-electron chi connectivity index (χ0n) is 39.1. The molecule has 2 unspecified atom stereocenters. The van der Waals surface area contributed by atoms with E-state index in [-0.39, 0.29) is 61.6 Å². The lowest BCUT2D eigenvalue weighted by atomic mass is 9.81. The quantitative estimate of drug-likeness (QED) is 0.174. The number of carbonyl (C=O) groups excluding carboxylic acids is 5. The average Bonchev–Trinajstić information content (AvgIpc) is 3.67. The summed E-state index contributed by atoms with van der Waals surface area (Å²) in [6.07, 6.45) is 4.68. The average molecular weight is 890 g/mol. The third-order valence-corrected chi connectivity index (χ3v) is 14.3. The summed E-state index contributed by atoms with van der Waals surface area (Å²) in [6.45, 7) is 11.7. The Morgan fingerprint density at radius 2 is 1.59 bits per heavy atom. The van der Waals surface area contributed by atoms with Crippen LogP contribution >= 0.6 is 0 Å². The molecule has 1 amide bonds. The van der Waals surface area contributed by atoms with Crippen LogP contribution in [-0.2, 0) is 57.1 Å². The molecule has 4 fully saturated rings. The first kappa shape index (κ1) is 50.9. The fraction of sp³-hybridized carbons (Fsp3) is 0.812. The predicted octanol–water partition coefficient (Wildman–Crippen LogP) is 5.20. The Kier molecular flexibility index (Phi) is 18.5. The molecular weight excluding hydrogens is 815 g/mol. The molecule has 15 heteroatoms. The molecule has 0 aromatic heterocycles. The number of hydrogen-bond donors (Lipinski definition) is 2. The topological polar surface area (TPSA) is 194 Å². The van der Waals surface area contributed by atoms with Crippen LogP contribution in [0, 0.1) is 29.6 Å². The molecule has 4 heterocycles. The van der Waals surface area contributed by atoms with Gasteiger partial charge in [0.2, 0.25) is 5.79 Å². The van der Waals surface area contributed by atoms with Gasteiger partial charge >= 0.3 is 11.9 Å². The van der Waals surface area contributed by atoms with Gasteiger partial charge < -0.3 is 48.3 Å². The van der Waals surface area contributed by atoms with Crippen molar-refractivity contribution in [2.75, 3.05) is 34.5 Å². The monoisotopic (exact) mass is 890 g/mol. The number of aliphatic hydroxyl groups excluding tert-OH is 1. The molecule has 5 aliphatic rings. The second-order valence-corrected chi connectivity index (χ2v) is 19.1. The van der Waals surface area contributed by atoms with Gasteiger partial charge in [0.05, 0.1) is 37.1 Å². The van der Waals surface area contributed by atoms with Crippen molar-refractivity contribution in [3.63, 3.8) is 0 Å². The van der Waals surface area contributed by atoms with E-state index in [0.717, 1.165) is 12.0 Å². The number of rotatable bonds is 9. The van der Waals surface area contributed by atoms with E-state index in [4.69, 9.17) is 33.2 Å². The summed E-state index contributed by atoms with van der Waals surface area (Å²) >= 11 is 0. The Hall–Kier alpha value is -3.05. The number of hydrogen-bond acceptors (Lipinski definition) is 14. The third-order valence-electron chi connectivity index (χ3n) is 14.3. The number of piperidine rings is 1. The molecule has 0 aromatic rings. The van der Waals surface area contributed by atoms with E-state index in [1.54, 1.807) is 21.0 Å². The van der Waals surface area contributed by atoms with Crippen LogP contribution in [0.25, 0.3) is 0 Å². The Balaban J connectivity index is 1.49. The number of carbonyl (C=O) groups is 5. The van der Waals surface area contributed by atoms with Gasteiger partial charge in [0.25, 0.3) is 11.7 Å². The lowest BCUT2D eigenvalue weighted by molar-refractivity contribution is -0.302. The molecule has 5 rings (SSSR count). The highest BCUT2D eigenvalue weighted by Crippen LogP contribution is 2.39. The minimum absolute atomic E-state index is 0.0230. The number of Topliss-reactive ketones (excluding diaryl/α,β-unsaturated/α-hetero) is 2. The largest absolute Gasteiger partial charge is 0.464 e. The Bertz CT molecular complexity index is 1660. The van der Waals surface area contributed by atoms with Crippen molar-refractivity contribution in [1.29, 1.82) is 0 Å². The molecule has 356 valence electrons. The molecule has 1 saturated carbocycles. The van der Waals surface area contributed by atoms with Gasteiger partial charge in [-0.3, -0.25) is 14.4 Å². The summed E-state index contributed by atoms with van der Waals surface area (Å²) in [6, 6.07) is -1.15. The van der Waals surface area contributed by atoms with Gasteiger partial charge in [0, 0.05) is 58.5 Å². The number of aliphatic hydroxyl groups is 2. The van der Waals surface area contributed by atoms with Crippen molar-refractivity contribution in [3.8, 4) is 0 Å². The summed E-state index contributed by atoms with van der Waals surface area (Å²) in [5.41, 5.74) is 1.65. The van der Waals surface area contributed by atoms with Crippen molar-refractivity contribution >= 4 is 29.4 Å². The molecule has 0 aromatic carbocycles. The molecular formula is C48H75NO14. The minimum atomic E-state index is -2.52. The van der Waals surface area contributed by atoms with Crippen LogP contribution in [0.2, 0.25) is 0 Å². The van der Waals surface area contributed by atoms with Crippen LogP contribution in [0.1, 0.15) is 125 Å². The highest BCUT2D eigenvalue weighted by atomic mass is 16.7. The smallest absolute Gasteiger partial charge is 0.335 e. The molecule has 2 N–H and O–H groups in total. The first-order valence-electron chi connectivity index (χ1n) is 23.4. The van der Waals surface area contributed by atoms with Crippen LogP contribution in [-0.4, -0.2) is 140 Å².